The monoisotopic (exact) mass is 280 g/mol. The Balaban J connectivity index is 3.81. The van der Waals surface area contributed by atoms with E-state index in [1.54, 1.807) is 0 Å². The molecule has 0 aromatic rings. The van der Waals surface area contributed by atoms with Crippen molar-refractivity contribution in [2.75, 3.05) is 0 Å². The van der Waals surface area contributed by atoms with Gasteiger partial charge in [0.05, 0.1) is 0 Å². The van der Waals surface area contributed by atoms with E-state index in [1.165, 1.54) is 11.1 Å². The Morgan fingerprint density at radius 1 is 0.895 bits per heavy atom. The van der Waals surface area contributed by atoms with E-state index in [-0.39, 0.29) is 0 Å². The maximum Gasteiger partial charge on any atom is 0.132 e. The van der Waals surface area contributed by atoms with E-state index in [4.69, 9.17) is 0 Å². The topological polar surface area (TPSA) is 17.1 Å². The van der Waals surface area contributed by atoms with Crippen LogP contribution in [0.15, 0.2) is 23.3 Å². The number of Topliss-reactive ketones (excluding diaryl/α,β-unsaturated/α-hetero) is 1. The molecule has 0 rings (SSSR count). The van der Waals surface area contributed by atoms with E-state index in [9.17, 15) is 4.79 Å². The summed E-state index contributed by atoms with van der Waals surface area (Å²) in [7, 11) is -1.05. The Hall–Kier alpha value is -0.633. The highest BCUT2D eigenvalue weighted by Gasteiger charge is 2.14. The third-order valence-corrected chi connectivity index (χ3v) is 4.91. The van der Waals surface area contributed by atoms with Crippen LogP contribution in [0.25, 0.3) is 0 Å². The van der Waals surface area contributed by atoms with Crippen LogP contribution in [0.4, 0.5) is 0 Å². The van der Waals surface area contributed by atoms with Crippen LogP contribution in [0.5, 0.6) is 0 Å². The molecule has 0 aromatic heterocycles. The second-order valence-corrected chi connectivity index (χ2v) is 12.6. The zero-order chi connectivity index (χ0) is 14.9. The predicted molar refractivity (Wildman–Crippen MR) is 89.4 cm³/mol. The molecule has 0 N–H and O–H groups in total. The van der Waals surface area contributed by atoms with Crippen molar-refractivity contribution in [1.82, 2.24) is 0 Å². The van der Waals surface area contributed by atoms with E-state index in [0.29, 0.717) is 5.78 Å². The molecule has 110 valence electrons. The summed E-state index contributed by atoms with van der Waals surface area (Å²) < 4.78 is 0. The van der Waals surface area contributed by atoms with Gasteiger partial charge in [-0.25, -0.2) is 0 Å². The first-order chi connectivity index (χ1) is 8.70. The lowest BCUT2D eigenvalue weighted by Crippen LogP contribution is -2.20. The number of hydrogen-bond acceptors (Lipinski definition) is 1. The fourth-order valence-electron chi connectivity index (χ4n) is 1.81. The van der Waals surface area contributed by atoms with Gasteiger partial charge in [-0.2, -0.15) is 0 Å². The van der Waals surface area contributed by atoms with Gasteiger partial charge in [-0.3, -0.25) is 4.79 Å². The number of allylic oxidation sites excluding steroid dienone is 4. The van der Waals surface area contributed by atoms with Gasteiger partial charge >= 0.3 is 0 Å². The van der Waals surface area contributed by atoms with Crippen molar-refractivity contribution in [1.29, 1.82) is 0 Å². The van der Waals surface area contributed by atoms with Gasteiger partial charge in [0, 0.05) is 20.9 Å². The predicted octanol–water partition coefficient (Wildman–Crippen LogP) is 5.76. The Morgan fingerprint density at radius 2 is 1.47 bits per heavy atom. The van der Waals surface area contributed by atoms with Crippen LogP contribution in [-0.2, 0) is 4.79 Å². The van der Waals surface area contributed by atoms with E-state index < -0.39 is 8.07 Å². The summed E-state index contributed by atoms with van der Waals surface area (Å²) in [4.78, 5) is 11.8. The van der Waals surface area contributed by atoms with Crippen molar-refractivity contribution in [2.24, 2.45) is 0 Å². The smallest absolute Gasteiger partial charge is 0.132 e. The summed E-state index contributed by atoms with van der Waals surface area (Å²) in [6.07, 6.45) is 9.19. The van der Waals surface area contributed by atoms with E-state index in [0.717, 1.165) is 38.1 Å². The molecule has 0 spiro atoms. The molecule has 0 radical (unpaired) electrons. The summed E-state index contributed by atoms with van der Waals surface area (Å²) in [5.74, 6) is 0.441. The number of rotatable bonds is 9. The Labute approximate surface area is 121 Å². The summed E-state index contributed by atoms with van der Waals surface area (Å²) in [5.41, 5.74) is 2.80. The van der Waals surface area contributed by atoms with Gasteiger partial charge in [0.2, 0.25) is 0 Å². The molecule has 0 aliphatic rings. The third-order valence-electron chi connectivity index (χ3n) is 3.16. The molecule has 0 fully saturated rings. The fourth-order valence-corrected chi connectivity index (χ4v) is 2.84. The highest BCUT2D eigenvalue weighted by molar-refractivity contribution is 6.76. The Bertz CT molecular complexity index is 328. The van der Waals surface area contributed by atoms with Crippen molar-refractivity contribution in [3.05, 3.63) is 23.3 Å². The molecule has 0 unspecified atom stereocenters. The highest BCUT2D eigenvalue weighted by Crippen LogP contribution is 2.14. The molecule has 1 nitrogen and oxygen atoms in total. The maximum atomic E-state index is 11.8. The molecule has 0 amide bonds. The summed E-state index contributed by atoms with van der Waals surface area (Å²) in [6.45, 7) is 13.4. The maximum absolute atomic E-state index is 11.8. The SMILES string of the molecule is CC(C)=CCC/C(C)=C/CCC(=O)CC[Si](C)(C)C. The van der Waals surface area contributed by atoms with Gasteiger partial charge in [-0.1, -0.05) is 49.0 Å². The normalized spacial score (nSPS) is 12.4. The highest BCUT2D eigenvalue weighted by atomic mass is 28.3. The quantitative estimate of drug-likeness (QED) is 0.388. The fraction of sp³-hybridized carbons (Fsp3) is 0.706. The summed E-state index contributed by atoms with van der Waals surface area (Å²) in [5, 5.41) is 0. The molecule has 0 heterocycles. The van der Waals surface area contributed by atoms with E-state index >= 15 is 0 Å². The second-order valence-electron chi connectivity index (χ2n) is 7.01. The first-order valence-electron chi connectivity index (χ1n) is 7.51. The molecule has 0 saturated heterocycles. The second kappa shape index (κ2) is 9.30. The molecule has 19 heavy (non-hydrogen) atoms. The number of hydrogen-bond donors (Lipinski definition) is 0. The minimum atomic E-state index is -1.05. The largest absolute Gasteiger partial charge is 0.300 e. The van der Waals surface area contributed by atoms with Gasteiger partial charge < -0.3 is 0 Å². The van der Waals surface area contributed by atoms with Gasteiger partial charge in [0.1, 0.15) is 5.78 Å². The van der Waals surface area contributed by atoms with Crippen molar-refractivity contribution in [3.8, 4) is 0 Å². The van der Waals surface area contributed by atoms with Crippen LogP contribution in [0.1, 0.15) is 52.9 Å². The van der Waals surface area contributed by atoms with Gasteiger partial charge in [-0.15, -0.1) is 0 Å². The molecule has 0 aromatic carbocycles. The van der Waals surface area contributed by atoms with Crippen LogP contribution in [0.3, 0.4) is 0 Å². The molecule has 0 bridgehead atoms. The van der Waals surface area contributed by atoms with Crippen LogP contribution in [-0.4, -0.2) is 13.9 Å². The minimum Gasteiger partial charge on any atom is -0.300 e. The molecule has 0 aliphatic heterocycles. The van der Waals surface area contributed by atoms with Crippen molar-refractivity contribution in [3.63, 3.8) is 0 Å². The number of ketones is 1. The number of carbonyl (C=O) groups is 1. The Kier molecular flexibility index (Phi) is 8.99. The molecular formula is C17H32OSi. The molecule has 0 atom stereocenters. The minimum absolute atomic E-state index is 0.441. The lowest BCUT2D eigenvalue weighted by molar-refractivity contribution is -0.118. The number of carbonyl (C=O) groups excluding carboxylic acids is 1. The zero-order valence-electron chi connectivity index (χ0n) is 13.8. The summed E-state index contributed by atoms with van der Waals surface area (Å²) >= 11 is 0. The third kappa shape index (κ3) is 13.6. The van der Waals surface area contributed by atoms with Crippen molar-refractivity contribution < 1.29 is 4.79 Å². The first-order valence-corrected chi connectivity index (χ1v) is 11.2. The van der Waals surface area contributed by atoms with Gasteiger partial charge in [-0.05, 0) is 40.0 Å². The first kappa shape index (κ1) is 18.4. The average molecular weight is 281 g/mol. The van der Waals surface area contributed by atoms with Crippen LogP contribution in [0.2, 0.25) is 25.7 Å². The Morgan fingerprint density at radius 3 is 2.00 bits per heavy atom. The van der Waals surface area contributed by atoms with Crippen LogP contribution < -0.4 is 0 Å². The molecule has 0 aliphatic carbocycles. The molecular weight excluding hydrogens is 248 g/mol. The lowest BCUT2D eigenvalue weighted by atomic mass is 10.1. The molecule has 2 heteroatoms. The van der Waals surface area contributed by atoms with Crippen LogP contribution >= 0.6 is 0 Å². The van der Waals surface area contributed by atoms with Gasteiger partial charge in [0.25, 0.3) is 0 Å². The van der Waals surface area contributed by atoms with Gasteiger partial charge in [0.15, 0.2) is 0 Å². The van der Waals surface area contributed by atoms with Crippen molar-refractivity contribution >= 4 is 13.9 Å². The lowest BCUT2D eigenvalue weighted by Gasteiger charge is -2.14. The average Bonchev–Trinajstić information content (AvgIpc) is 2.25. The van der Waals surface area contributed by atoms with Crippen molar-refractivity contribution in [2.45, 2.75) is 78.6 Å². The zero-order valence-corrected chi connectivity index (χ0v) is 14.8. The standard InChI is InChI=1S/C17H32OSi/c1-15(2)9-7-10-16(3)11-8-12-17(18)13-14-19(4,5)6/h9,11H,7-8,10,12-14H2,1-6H3/b16-11+. The summed E-state index contributed by atoms with van der Waals surface area (Å²) in [6, 6.07) is 1.13. The van der Waals surface area contributed by atoms with Crippen LogP contribution in [0, 0.1) is 0 Å². The van der Waals surface area contributed by atoms with E-state index in [2.05, 4.69) is 52.6 Å². The molecule has 0 saturated carbocycles. The van der Waals surface area contributed by atoms with E-state index in [1.807, 2.05) is 0 Å².